The van der Waals surface area contributed by atoms with E-state index < -0.39 is 23.8 Å². The molecule has 13 nitrogen and oxygen atoms in total. The molecule has 3 aromatic heterocycles. The van der Waals surface area contributed by atoms with Crippen molar-refractivity contribution in [1.82, 2.24) is 29.4 Å². The summed E-state index contributed by atoms with van der Waals surface area (Å²) in [5.41, 5.74) is 0.792. The Labute approximate surface area is 215 Å². The average molecular weight is 549 g/mol. The molecular weight excluding hydrogens is 531 g/mol. The van der Waals surface area contributed by atoms with E-state index in [1.165, 1.54) is 23.3 Å². The first-order valence-corrected chi connectivity index (χ1v) is 11.5. The van der Waals surface area contributed by atoms with E-state index in [0.29, 0.717) is 10.4 Å². The molecule has 0 bridgehead atoms. The van der Waals surface area contributed by atoms with Gasteiger partial charge in [-0.15, -0.1) is 11.3 Å². The number of imidazole rings is 1. The van der Waals surface area contributed by atoms with E-state index in [-0.39, 0.29) is 53.1 Å². The highest BCUT2D eigenvalue weighted by Crippen LogP contribution is 2.29. The molecule has 0 aliphatic carbocycles. The maximum Gasteiger partial charge on any atom is 0.451 e. The Morgan fingerprint density at radius 1 is 1.26 bits per heavy atom. The Morgan fingerprint density at radius 3 is 2.55 bits per heavy atom. The summed E-state index contributed by atoms with van der Waals surface area (Å²) >= 11 is 1.05. The number of halogens is 3. The number of carbonyl (C=O) groups excluding carboxylic acids is 3. The molecule has 4 heterocycles. The molecule has 0 unspecified atom stereocenters. The topological polar surface area (TPSA) is 161 Å². The lowest BCUT2D eigenvalue weighted by molar-refractivity contribution is -0.414. The number of hydrogen-bond acceptors (Lipinski definition) is 10. The fourth-order valence-electron chi connectivity index (χ4n) is 3.39. The van der Waals surface area contributed by atoms with Gasteiger partial charge in [-0.25, -0.2) is 19.9 Å². The smallest absolute Gasteiger partial charge is 0.451 e. The number of rotatable bonds is 9. The van der Waals surface area contributed by atoms with Gasteiger partial charge in [0.2, 0.25) is 23.9 Å². The Kier molecular flexibility index (Phi) is 7.20. The number of hydrogen-bond donors (Lipinski definition) is 2. The third kappa shape index (κ3) is 5.36. The molecule has 38 heavy (non-hydrogen) atoms. The van der Waals surface area contributed by atoms with Crippen LogP contribution in [0.2, 0.25) is 0 Å². The van der Waals surface area contributed by atoms with Crippen LogP contribution >= 0.6 is 11.3 Å². The number of nitrogens with one attached hydrogen (secondary N) is 2. The largest absolute Gasteiger partial charge is 0.618 e. The van der Waals surface area contributed by atoms with Crippen LogP contribution in [0.25, 0.3) is 10.6 Å². The predicted octanol–water partition coefficient (Wildman–Crippen LogP) is 1.96. The summed E-state index contributed by atoms with van der Waals surface area (Å²) < 4.78 is 39.8. The lowest BCUT2D eigenvalue weighted by atomic mass is 10.2. The molecule has 1 aliphatic rings. The first-order chi connectivity index (χ1) is 18.0. The number of amides is 3. The van der Waals surface area contributed by atoms with Crippen LogP contribution in [0.4, 0.5) is 24.8 Å². The highest BCUT2D eigenvalue weighted by Gasteiger charge is 2.34. The summed E-state index contributed by atoms with van der Waals surface area (Å²) in [6.45, 7) is 0.930. The quantitative estimate of drug-likeness (QED) is 0.231. The molecule has 0 spiro atoms. The molecule has 0 aromatic carbocycles. The molecule has 4 rings (SSSR count). The minimum Gasteiger partial charge on any atom is -0.618 e. The Hall–Kier alpha value is -4.67. The number of hydroxylamine groups is 1. The van der Waals surface area contributed by atoms with Gasteiger partial charge in [0.1, 0.15) is 23.9 Å². The summed E-state index contributed by atoms with van der Waals surface area (Å²) in [5, 5.41) is 18.8. The molecule has 1 aliphatic heterocycles. The van der Waals surface area contributed by atoms with Crippen molar-refractivity contribution in [2.45, 2.75) is 19.6 Å². The number of alkyl halides is 3. The van der Waals surface area contributed by atoms with Crippen LogP contribution in [0.1, 0.15) is 23.2 Å². The van der Waals surface area contributed by atoms with Gasteiger partial charge in [-0.1, -0.05) is 0 Å². The molecule has 0 saturated heterocycles. The van der Waals surface area contributed by atoms with E-state index in [9.17, 15) is 32.8 Å². The summed E-state index contributed by atoms with van der Waals surface area (Å²) in [4.78, 5) is 53.0. The van der Waals surface area contributed by atoms with Crippen LogP contribution in [0.5, 0.6) is 0 Å². The van der Waals surface area contributed by atoms with Gasteiger partial charge < -0.3 is 20.4 Å². The third-order valence-electron chi connectivity index (χ3n) is 5.19. The number of carbonyl (C=O) groups is 3. The van der Waals surface area contributed by atoms with Gasteiger partial charge in [0, 0.05) is 37.3 Å². The zero-order valence-electron chi connectivity index (χ0n) is 19.7. The fraction of sp³-hybridized carbons (Fsp3) is 0.238. The second-order valence-electron chi connectivity index (χ2n) is 7.81. The SMILES string of the molecule is CNc1ncn(CC(=O)Nc2csc(-c3cnc(C(F)(F)F)nc3)n2)c1C(=O)N(C=O)CC1=[N+]([O-])C(C)=C1. The number of allylic oxidation sites excluding steroid dienone is 1. The van der Waals surface area contributed by atoms with Crippen LogP contribution in [0, 0.1) is 5.21 Å². The van der Waals surface area contributed by atoms with Gasteiger partial charge in [0.25, 0.3) is 5.91 Å². The van der Waals surface area contributed by atoms with E-state index in [1.807, 2.05) is 0 Å². The lowest BCUT2D eigenvalue weighted by Gasteiger charge is -2.20. The van der Waals surface area contributed by atoms with E-state index in [1.54, 1.807) is 13.0 Å². The molecular formula is C21H18F3N9O4S. The summed E-state index contributed by atoms with van der Waals surface area (Å²) in [7, 11) is 1.50. The zero-order valence-corrected chi connectivity index (χ0v) is 20.5. The molecule has 17 heteroatoms. The zero-order chi connectivity index (χ0) is 27.6. The van der Waals surface area contributed by atoms with Crippen molar-refractivity contribution < 1.29 is 32.3 Å². The fourth-order valence-corrected chi connectivity index (χ4v) is 4.12. The summed E-state index contributed by atoms with van der Waals surface area (Å²) in [6, 6.07) is 0. The highest BCUT2D eigenvalue weighted by atomic mass is 32.1. The molecule has 0 radical (unpaired) electrons. The first kappa shape index (κ1) is 26.4. The normalized spacial score (nSPS) is 13.0. The molecule has 0 atom stereocenters. The van der Waals surface area contributed by atoms with Gasteiger partial charge in [-0.05, 0) is 0 Å². The van der Waals surface area contributed by atoms with Crippen molar-refractivity contribution in [3.8, 4) is 10.6 Å². The monoisotopic (exact) mass is 549 g/mol. The Balaban J connectivity index is 1.46. The van der Waals surface area contributed by atoms with Crippen LogP contribution in [-0.2, 0) is 22.3 Å². The van der Waals surface area contributed by atoms with Gasteiger partial charge in [-0.3, -0.25) is 19.3 Å². The summed E-state index contributed by atoms with van der Waals surface area (Å²) in [6.07, 6.45) is 0.336. The number of aromatic nitrogens is 5. The number of imide groups is 1. The number of thiazole rings is 1. The molecule has 0 saturated carbocycles. The second kappa shape index (κ2) is 10.4. The van der Waals surface area contributed by atoms with Crippen molar-refractivity contribution in [2.75, 3.05) is 24.2 Å². The number of anilines is 2. The van der Waals surface area contributed by atoms with E-state index in [2.05, 4.69) is 30.6 Å². The molecule has 3 amide bonds. The van der Waals surface area contributed by atoms with Crippen molar-refractivity contribution in [3.63, 3.8) is 0 Å². The summed E-state index contributed by atoms with van der Waals surface area (Å²) in [5.74, 6) is -2.45. The van der Waals surface area contributed by atoms with Crippen LogP contribution in [-0.4, -0.2) is 71.7 Å². The van der Waals surface area contributed by atoms with Gasteiger partial charge in [0.15, 0.2) is 17.2 Å². The lowest BCUT2D eigenvalue weighted by Crippen LogP contribution is -2.40. The van der Waals surface area contributed by atoms with Gasteiger partial charge in [-0.2, -0.15) is 17.9 Å². The van der Waals surface area contributed by atoms with Gasteiger partial charge in [0.05, 0.1) is 12.4 Å². The van der Waals surface area contributed by atoms with E-state index in [4.69, 9.17) is 0 Å². The predicted molar refractivity (Wildman–Crippen MR) is 128 cm³/mol. The maximum absolute atomic E-state index is 13.1. The van der Waals surface area contributed by atoms with Crippen molar-refractivity contribution >= 4 is 46.9 Å². The second-order valence-corrected chi connectivity index (χ2v) is 8.67. The standard InChI is InChI=1S/C21H18F3N9O4S/c1-11-3-13(33(11)37)6-32(10-34)19(36)16-17(25-2)28-9-31(16)7-15(35)29-14-8-38-18(30-14)12-4-26-20(27-5-12)21(22,23)24/h3-5,8-10,25H,6-7H2,1-2H3,(H,29,35). The third-order valence-corrected chi connectivity index (χ3v) is 6.08. The average Bonchev–Trinajstić information content (AvgIpc) is 3.52. The van der Waals surface area contributed by atoms with Crippen LogP contribution in [0.15, 0.2) is 35.9 Å². The highest BCUT2D eigenvalue weighted by molar-refractivity contribution is 7.13. The molecule has 2 N–H and O–H groups in total. The Bertz CT molecular complexity index is 1460. The minimum atomic E-state index is -4.67. The minimum absolute atomic E-state index is 0.0892. The van der Waals surface area contributed by atoms with E-state index >= 15 is 0 Å². The number of nitrogens with zero attached hydrogens (tertiary/aromatic N) is 7. The Morgan fingerprint density at radius 2 is 1.97 bits per heavy atom. The molecule has 0 fully saturated rings. The molecule has 3 aromatic rings. The first-order valence-electron chi connectivity index (χ1n) is 10.7. The van der Waals surface area contributed by atoms with Gasteiger partial charge >= 0.3 is 6.18 Å². The van der Waals surface area contributed by atoms with Crippen molar-refractivity contribution in [1.29, 1.82) is 0 Å². The molecule has 198 valence electrons. The van der Waals surface area contributed by atoms with Crippen LogP contribution < -0.4 is 10.6 Å². The van der Waals surface area contributed by atoms with Crippen molar-refractivity contribution in [3.05, 3.63) is 52.6 Å². The van der Waals surface area contributed by atoms with Crippen molar-refractivity contribution in [2.24, 2.45) is 0 Å². The van der Waals surface area contributed by atoms with E-state index in [0.717, 1.165) is 28.6 Å². The van der Waals surface area contributed by atoms with Crippen LogP contribution in [0.3, 0.4) is 0 Å². The maximum atomic E-state index is 13.1.